The van der Waals surface area contributed by atoms with Crippen LogP contribution in [0.25, 0.3) is 21.7 Å². The number of carbonyl (C=O) groups excluding carboxylic acids is 1. The molecule has 0 amide bonds. The second kappa shape index (κ2) is 9.69. The van der Waals surface area contributed by atoms with Crippen LogP contribution in [0.3, 0.4) is 0 Å². The second-order valence-electron chi connectivity index (χ2n) is 7.85. The summed E-state index contributed by atoms with van der Waals surface area (Å²) in [5.41, 5.74) is 0.577. The first-order valence-corrected chi connectivity index (χ1v) is 12.6. The van der Waals surface area contributed by atoms with Crippen molar-refractivity contribution in [2.75, 3.05) is 13.7 Å². The normalized spacial score (nSPS) is 16.7. The van der Waals surface area contributed by atoms with Crippen molar-refractivity contribution in [3.05, 3.63) is 57.5 Å². The van der Waals surface area contributed by atoms with E-state index in [0.29, 0.717) is 46.6 Å². The summed E-state index contributed by atoms with van der Waals surface area (Å²) in [5, 5.41) is 11.0. The van der Waals surface area contributed by atoms with E-state index in [1.54, 1.807) is 22.8 Å². The van der Waals surface area contributed by atoms with Crippen molar-refractivity contribution in [2.24, 2.45) is 0 Å². The fraction of sp³-hybridized carbons (Fsp3) is 0.348. The van der Waals surface area contributed by atoms with Crippen LogP contribution < -0.4 is 5.56 Å². The molecule has 9 nitrogen and oxygen atoms in total. The number of methoxy groups -OCH3 is 1. The molecule has 0 spiro atoms. The summed E-state index contributed by atoms with van der Waals surface area (Å²) in [6.45, 7) is 3.02. The van der Waals surface area contributed by atoms with E-state index in [4.69, 9.17) is 18.9 Å². The first kappa shape index (κ1) is 22.8. The molecule has 5 rings (SSSR count). The molecule has 0 radical (unpaired) electrons. The van der Waals surface area contributed by atoms with Crippen molar-refractivity contribution >= 4 is 40.0 Å². The van der Waals surface area contributed by atoms with Crippen LogP contribution in [0, 0.1) is 0 Å². The van der Waals surface area contributed by atoms with Crippen LogP contribution in [0.4, 0.5) is 0 Å². The third-order valence-electron chi connectivity index (χ3n) is 5.55. The van der Waals surface area contributed by atoms with Crippen molar-refractivity contribution < 1.29 is 18.7 Å². The van der Waals surface area contributed by atoms with Gasteiger partial charge in [-0.1, -0.05) is 17.8 Å². The summed E-state index contributed by atoms with van der Waals surface area (Å²) in [5.74, 6) is 0.417. The second-order valence-corrected chi connectivity index (χ2v) is 10.1. The van der Waals surface area contributed by atoms with Crippen LogP contribution in [0.1, 0.15) is 41.3 Å². The van der Waals surface area contributed by atoms with Gasteiger partial charge >= 0.3 is 5.97 Å². The Labute approximate surface area is 203 Å². The molecule has 0 aliphatic carbocycles. The van der Waals surface area contributed by atoms with Gasteiger partial charge in [0.1, 0.15) is 0 Å². The zero-order valence-corrected chi connectivity index (χ0v) is 20.2. The number of benzene rings is 1. The van der Waals surface area contributed by atoms with Crippen LogP contribution in [-0.2, 0) is 16.0 Å². The van der Waals surface area contributed by atoms with Gasteiger partial charge in [-0.2, -0.15) is 0 Å². The molecule has 3 aromatic heterocycles. The first-order chi connectivity index (χ1) is 16.5. The quantitative estimate of drug-likeness (QED) is 0.209. The summed E-state index contributed by atoms with van der Waals surface area (Å²) in [7, 11) is 1.32. The molecule has 176 valence electrons. The maximum atomic E-state index is 13.5. The van der Waals surface area contributed by atoms with E-state index in [0.717, 1.165) is 17.7 Å². The van der Waals surface area contributed by atoms with Crippen molar-refractivity contribution in [1.29, 1.82) is 0 Å². The summed E-state index contributed by atoms with van der Waals surface area (Å²) < 4.78 is 18.1. The van der Waals surface area contributed by atoms with E-state index < -0.39 is 5.97 Å². The Bertz CT molecular complexity index is 1380. The lowest BCUT2D eigenvalue weighted by Gasteiger charge is -2.17. The van der Waals surface area contributed by atoms with Gasteiger partial charge in [0.05, 0.1) is 46.4 Å². The number of rotatable bonds is 7. The lowest BCUT2D eigenvalue weighted by molar-refractivity contribution is 0.0601. The molecule has 1 aliphatic rings. The van der Waals surface area contributed by atoms with Gasteiger partial charge in [-0.3, -0.25) is 9.36 Å². The Morgan fingerprint density at radius 3 is 2.97 bits per heavy atom. The minimum absolute atomic E-state index is 0.0465. The minimum Gasteiger partial charge on any atom is -0.465 e. The average Bonchev–Trinajstić information content (AvgIpc) is 3.62. The number of ether oxygens (including phenoxy) is 2. The Morgan fingerprint density at radius 2 is 2.24 bits per heavy atom. The topological polar surface area (TPSA) is 109 Å². The van der Waals surface area contributed by atoms with E-state index in [2.05, 4.69) is 10.2 Å². The Balaban J connectivity index is 1.52. The average molecular weight is 499 g/mol. The van der Waals surface area contributed by atoms with Crippen LogP contribution in [0.5, 0.6) is 0 Å². The van der Waals surface area contributed by atoms with Gasteiger partial charge < -0.3 is 13.9 Å². The largest absolute Gasteiger partial charge is 0.465 e. The fourth-order valence-electron chi connectivity index (χ4n) is 3.80. The van der Waals surface area contributed by atoms with Crippen molar-refractivity contribution in [1.82, 2.24) is 19.7 Å². The highest BCUT2D eigenvalue weighted by atomic mass is 32.2. The summed E-state index contributed by atoms with van der Waals surface area (Å²) >= 11 is 2.88. The molecule has 1 saturated heterocycles. The molecule has 1 aliphatic heterocycles. The van der Waals surface area contributed by atoms with Gasteiger partial charge in [-0.15, -0.1) is 21.5 Å². The van der Waals surface area contributed by atoms with E-state index in [9.17, 15) is 9.59 Å². The van der Waals surface area contributed by atoms with Gasteiger partial charge in [-0.05, 0) is 49.4 Å². The molecular weight excluding hydrogens is 476 g/mol. The van der Waals surface area contributed by atoms with Gasteiger partial charge in [0.25, 0.3) is 11.4 Å². The van der Waals surface area contributed by atoms with Crippen LogP contribution in [-0.4, -0.2) is 45.5 Å². The molecule has 0 N–H and O–H groups in total. The van der Waals surface area contributed by atoms with E-state index in [-0.39, 0.29) is 16.9 Å². The van der Waals surface area contributed by atoms with Crippen LogP contribution in [0.2, 0.25) is 0 Å². The number of nitrogens with zero attached hydrogens (tertiary/aromatic N) is 4. The smallest absolute Gasteiger partial charge is 0.337 e. The lowest BCUT2D eigenvalue weighted by atomic mass is 10.1. The van der Waals surface area contributed by atoms with Crippen molar-refractivity contribution in [3.8, 4) is 10.8 Å². The van der Waals surface area contributed by atoms with Crippen molar-refractivity contribution in [3.63, 3.8) is 0 Å². The number of aromatic nitrogens is 4. The summed E-state index contributed by atoms with van der Waals surface area (Å²) in [4.78, 5) is 31.1. The fourth-order valence-corrected chi connectivity index (χ4v) is 5.39. The van der Waals surface area contributed by atoms with Gasteiger partial charge in [0.2, 0.25) is 5.89 Å². The molecule has 1 fully saturated rings. The van der Waals surface area contributed by atoms with E-state index in [1.807, 2.05) is 24.4 Å². The number of thiophene rings is 1. The number of fused-ring (bicyclic) bond motifs is 1. The number of thioether (sulfide) groups is 1. The SMILES string of the molecule is COC(=O)c1ccc2c(=O)n(C[C@H]3CCCO3)c(S[C@@H](C)c3nnc(-c4cccs4)o3)nc2c1. The number of hydrogen-bond donors (Lipinski definition) is 0. The van der Waals surface area contributed by atoms with Gasteiger partial charge in [-0.25, -0.2) is 9.78 Å². The molecule has 11 heteroatoms. The third-order valence-corrected chi connectivity index (χ3v) is 7.49. The van der Waals surface area contributed by atoms with Crippen molar-refractivity contribution in [2.45, 2.75) is 42.8 Å². The van der Waals surface area contributed by atoms with Crippen LogP contribution >= 0.6 is 23.1 Å². The number of carbonyl (C=O) groups is 1. The zero-order chi connectivity index (χ0) is 23.7. The maximum Gasteiger partial charge on any atom is 0.337 e. The molecule has 0 saturated carbocycles. The predicted molar refractivity (Wildman–Crippen MR) is 128 cm³/mol. The standard InChI is InChI=1S/C23H22N4O5S2/c1-13(19-25-26-20(32-19)18-6-4-10-33-18)34-23-24-17-11-14(22(29)30-2)7-8-16(17)21(28)27(23)12-15-5-3-9-31-15/h4,6-8,10-11,13,15H,3,5,9,12H2,1-2H3/t13-,15+/m0/s1. The monoisotopic (exact) mass is 498 g/mol. The Kier molecular flexibility index (Phi) is 6.48. The molecule has 4 heterocycles. The Hall–Kier alpha value is -3.02. The molecule has 34 heavy (non-hydrogen) atoms. The molecular formula is C23H22N4O5S2. The lowest BCUT2D eigenvalue weighted by Crippen LogP contribution is -2.29. The third kappa shape index (κ3) is 4.50. The highest BCUT2D eigenvalue weighted by Gasteiger charge is 2.24. The number of hydrogen-bond acceptors (Lipinski definition) is 10. The van der Waals surface area contributed by atoms with E-state index >= 15 is 0 Å². The molecule has 4 aromatic rings. The molecule has 1 aromatic carbocycles. The predicted octanol–water partition coefficient (Wildman–Crippen LogP) is 4.33. The van der Waals surface area contributed by atoms with E-state index in [1.165, 1.54) is 30.2 Å². The molecule has 0 unspecified atom stereocenters. The zero-order valence-electron chi connectivity index (χ0n) is 18.6. The molecule has 0 bridgehead atoms. The number of esters is 1. The maximum absolute atomic E-state index is 13.5. The van der Waals surface area contributed by atoms with Gasteiger partial charge in [0, 0.05) is 6.61 Å². The summed E-state index contributed by atoms with van der Waals surface area (Å²) in [6.07, 6.45) is 1.81. The minimum atomic E-state index is -0.484. The highest BCUT2D eigenvalue weighted by molar-refractivity contribution is 7.99. The highest BCUT2D eigenvalue weighted by Crippen LogP contribution is 2.35. The van der Waals surface area contributed by atoms with Crippen LogP contribution in [0.15, 0.2) is 50.1 Å². The first-order valence-electron chi connectivity index (χ1n) is 10.8. The molecule has 2 atom stereocenters. The Morgan fingerprint density at radius 1 is 1.35 bits per heavy atom. The van der Waals surface area contributed by atoms with Gasteiger partial charge in [0.15, 0.2) is 5.16 Å². The summed E-state index contributed by atoms with van der Waals surface area (Å²) in [6, 6.07) is 8.62.